The molecule has 0 radical (unpaired) electrons. The van der Waals surface area contributed by atoms with Gasteiger partial charge in [-0.3, -0.25) is 9.52 Å². The van der Waals surface area contributed by atoms with E-state index in [0.29, 0.717) is 24.1 Å². The third-order valence-corrected chi connectivity index (χ3v) is 7.23. The summed E-state index contributed by atoms with van der Waals surface area (Å²) in [7, 11) is -2.38. The average molecular weight is 486 g/mol. The molecule has 10 heteroatoms. The molecule has 1 aromatic heterocycles. The van der Waals surface area contributed by atoms with Crippen LogP contribution >= 0.6 is 0 Å². The van der Waals surface area contributed by atoms with Gasteiger partial charge in [0.25, 0.3) is 5.56 Å². The Morgan fingerprint density at radius 2 is 1.85 bits per heavy atom. The quantitative estimate of drug-likeness (QED) is 0.376. The molecule has 1 aliphatic rings. The summed E-state index contributed by atoms with van der Waals surface area (Å²) in [4.78, 5) is 12.1. The van der Waals surface area contributed by atoms with Gasteiger partial charge in [0.15, 0.2) is 0 Å². The third-order valence-electron chi connectivity index (χ3n) is 5.02. The van der Waals surface area contributed by atoms with Crippen LogP contribution in [0.25, 0.3) is 0 Å². The molecule has 1 aliphatic carbocycles. The molecule has 0 spiro atoms. The predicted octanol–water partition coefficient (Wildman–Crippen LogP) is 3.56. The maximum absolute atomic E-state index is 13.0. The maximum Gasteiger partial charge on any atom is 0.252 e. The molecule has 0 saturated heterocycles. The average Bonchev–Trinajstić information content (AvgIpc) is 3.52. The van der Waals surface area contributed by atoms with Crippen LogP contribution in [0.4, 0.5) is 15.8 Å². The first kappa shape index (κ1) is 28.6. The summed E-state index contributed by atoms with van der Waals surface area (Å²) in [5, 5.41) is 21.8. The molecule has 0 amide bonds. The predicted molar refractivity (Wildman–Crippen MR) is 131 cm³/mol. The van der Waals surface area contributed by atoms with E-state index < -0.39 is 27.5 Å². The lowest BCUT2D eigenvalue weighted by atomic mass is 10.2. The summed E-state index contributed by atoms with van der Waals surface area (Å²) in [5.74, 6) is -0.323. The summed E-state index contributed by atoms with van der Waals surface area (Å²) in [6.45, 7) is 8.29. The van der Waals surface area contributed by atoms with Gasteiger partial charge < -0.3 is 20.1 Å². The first-order valence-electron chi connectivity index (χ1n) is 10.9. The van der Waals surface area contributed by atoms with Crippen LogP contribution in [0.5, 0.6) is 0 Å². The molecule has 1 unspecified atom stereocenters. The number of nitrogens with zero attached hydrogens (tertiary/aromatic N) is 1. The molecule has 1 aromatic rings. The molecule has 0 bridgehead atoms. The Labute approximate surface area is 195 Å². The van der Waals surface area contributed by atoms with Crippen molar-refractivity contribution in [1.82, 2.24) is 4.57 Å². The van der Waals surface area contributed by atoms with E-state index in [0.717, 1.165) is 0 Å². The molecule has 33 heavy (non-hydrogen) atoms. The van der Waals surface area contributed by atoms with Crippen molar-refractivity contribution in [3.05, 3.63) is 57.9 Å². The van der Waals surface area contributed by atoms with E-state index in [-0.39, 0.29) is 29.2 Å². The lowest BCUT2D eigenvalue weighted by Gasteiger charge is -2.22. The number of aryl methyl sites for hydroxylation is 1. The van der Waals surface area contributed by atoms with Crippen LogP contribution in [0.1, 0.15) is 53.9 Å². The molecule has 2 rings (SSSR count). The fraction of sp³-hybridized carbons (Fsp3) is 0.522. The zero-order valence-corrected chi connectivity index (χ0v) is 21.0. The number of anilines is 2. The van der Waals surface area contributed by atoms with Crippen LogP contribution < -0.4 is 15.6 Å². The Bertz CT molecular complexity index is 1070. The monoisotopic (exact) mass is 485 g/mol. The van der Waals surface area contributed by atoms with Crippen molar-refractivity contribution in [3.8, 4) is 0 Å². The van der Waals surface area contributed by atoms with Gasteiger partial charge in [-0.05, 0) is 57.8 Å². The van der Waals surface area contributed by atoms with E-state index in [4.69, 9.17) is 5.11 Å². The van der Waals surface area contributed by atoms with Gasteiger partial charge in [0.2, 0.25) is 10.0 Å². The van der Waals surface area contributed by atoms with Crippen LogP contribution in [-0.2, 0) is 17.1 Å². The van der Waals surface area contributed by atoms with Gasteiger partial charge in [-0.1, -0.05) is 19.9 Å². The first-order chi connectivity index (χ1) is 15.4. The molecule has 0 aromatic carbocycles. The number of pyridine rings is 1. The number of aliphatic hydroxyl groups excluding tert-OH is 2. The molecule has 1 fully saturated rings. The van der Waals surface area contributed by atoms with Crippen LogP contribution in [0.3, 0.4) is 0 Å². The van der Waals surface area contributed by atoms with Crippen molar-refractivity contribution < 1.29 is 23.0 Å². The lowest BCUT2D eigenvalue weighted by Crippen LogP contribution is -2.35. The Hall–Kier alpha value is -2.43. The summed E-state index contributed by atoms with van der Waals surface area (Å²) in [6, 6.07) is 1.28. The van der Waals surface area contributed by atoms with E-state index in [1.54, 1.807) is 26.0 Å². The van der Waals surface area contributed by atoms with Gasteiger partial charge in [-0.15, -0.1) is 0 Å². The number of aromatic nitrogens is 1. The van der Waals surface area contributed by atoms with Crippen LogP contribution in [-0.4, -0.2) is 40.7 Å². The van der Waals surface area contributed by atoms with Gasteiger partial charge in [0.05, 0.1) is 34.7 Å². The highest BCUT2D eigenvalue weighted by atomic mass is 32.2. The number of nitrogens with one attached hydrogen (secondary N) is 2. The highest BCUT2D eigenvalue weighted by Gasteiger charge is 2.55. The summed E-state index contributed by atoms with van der Waals surface area (Å²) in [6.07, 6.45) is 5.67. The minimum Gasteiger partial charge on any atom is -0.394 e. The molecule has 1 saturated carbocycles. The second-order valence-electron chi connectivity index (χ2n) is 8.00. The van der Waals surface area contributed by atoms with Crippen molar-refractivity contribution in [2.75, 3.05) is 16.6 Å². The second kappa shape index (κ2) is 12.2. The van der Waals surface area contributed by atoms with Gasteiger partial charge in [0, 0.05) is 25.0 Å². The molecule has 4 N–H and O–H groups in total. The lowest BCUT2D eigenvalue weighted by molar-refractivity contribution is 0.0858. The summed E-state index contributed by atoms with van der Waals surface area (Å²) in [5.41, 5.74) is 1.40. The second-order valence-corrected chi connectivity index (χ2v) is 10.1. The highest BCUT2D eigenvalue weighted by Crippen LogP contribution is 2.48. The molecule has 8 nitrogen and oxygen atoms in total. The van der Waals surface area contributed by atoms with Crippen LogP contribution in [0, 0.1) is 0 Å². The standard InChI is InChI=1S/C21H30FN3O5S.C2H6/c1-14(9-15(2)22)5-6-16(3)23-18-10-20(28)25(4)12-19(18)24-31(29,30)21(7-8-21)11-17(27)13-26;1-2/h5-6,9-10,12,17,23-24,26-27H,7-8,11,13H2,1-4H3;1-2H3/b14-5-,15-9+,16-6+;. The number of halogens is 1. The fourth-order valence-electron chi connectivity index (χ4n) is 3.16. The van der Waals surface area contributed by atoms with Crippen LogP contribution in [0.15, 0.2) is 52.4 Å². The molecular formula is C23H36FN3O5S. The van der Waals surface area contributed by atoms with Crippen molar-refractivity contribution >= 4 is 21.4 Å². The Balaban J connectivity index is 0.00000265. The van der Waals surface area contributed by atoms with E-state index in [1.807, 2.05) is 13.8 Å². The number of aliphatic hydroxyl groups is 2. The molecular weight excluding hydrogens is 449 g/mol. The highest BCUT2D eigenvalue weighted by molar-refractivity contribution is 7.94. The van der Waals surface area contributed by atoms with Gasteiger partial charge in [-0.2, -0.15) is 0 Å². The van der Waals surface area contributed by atoms with Crippen molar-refractivity contribution in [3.63, 3.8) is 0 Å². The van der Waals surface area contributed by atoms with Crippen molar-refractivity contribution in [2.45, 2.75) is 64.7 Å². The summed E-state index contributed by atoms with van der Waals surface area (Å²) < 4.78 is 41.6. The first-order valence-corrected chi connectivity index (χ1v) is 12.4. The van der Waals surface area contributed by atoms with Gasteiger partial charge in [-0.25, -0.2) is 12.8 Å². The Kier molecular flexibility index (Phi) is 10.5. The zero-order chi connectivity index (χ0) is 25.4. The number of sulfonamides is 1. The smallest absolute Gasteiger partial charge is 0.252 e. The van der Waals surface area contributed by atoms with Crippen LogP contribution in [0.2, 0.25) is 0 Å². The number of allylic oxidation sites excluding steroid dienone is 6. The number of hydrogen-bond acceptors (Lipinski definition) is 6. The molecule has 1 heterocycles. The third kappa shape index (κ3) is 8.13. The normalized spacial score (nSPS) is 17.1. The number of hydrogen-bond donors (Lipinski definition) is 4. The van der Waals surface area contributed by atoms with E-state index in [1.165, 1.54) is 36.9 Å². The topological polar surface area (TPSA) is 121 Å². The minimum atomic E-state index is -3.89. The zero-order valence-electron chi connectivity index (χ0n) is 20.1. The SMILES string of the molecule is CC.CC(=C/C=C(\C)Nc1cc(=O)n(C)cc1NS(=O)(=O)C1(CC(O)CO)CC1)/C=C(\C)F. The maximum atomic E-state index is 13.0. The van der Waals surface area contributed by atoms with E-state index >= 15 is 0 Å². The van der Waals surface area contributed by atoms with Gasteiger partial charge >= 0.3 is 0 Å². The number of rotatable bonds is 10. The van der Waals surface area contributed by atoms with Crippen molar-refractivity contribution in [2.24, 2.45) is 7.05 Å². The summed E-state index contributed by atoms with van der Waals surface area (Å²) >= 11 is 0. The fourth-order valence-corrected chi connectivity index (χ4v) is 4.88. The van der Waals surface area contributed by atoms with Crippen molar-refractivity contribution in [1.29, 1.82) is 0 Å². The molecule has 0 aliphatic heterocycles. The Morgan fingerprint density at radius 3 is 2.36 bits per heavy atom. The molecule has 186 valence electrons. The Morgan fingerprint density at radius 1 is 1.24 bits per heavy atom. The minimum absolute atomic E-state index is 0.0716. The molecule has 1 atom stereocenters. The van der Waals surface area contributed by atoms with Gasteiger partial charge in [0.1, 0.15) is 0 Å². The van der Waals surface area contributed by atoms with E-state index in [9.17, 15) is 22.7 Å². The van der Waals surface area contributed by atoms with E-state index in [2.05, 4.69) is 10.0 Å². The largest absolute Gasteiger partial charge is 0.394 e.